The van der Waals surface area contributed by atoms with Gasteiger partial charge in [-0.25, -0.2) is 9.79 Å². The van der Waals surface area contributed by atoms with Crippen LogP contribution in [0.2, 0.25) is 10.0 Å². The second-order valence-electron chi connectivity index (χ2n) is 10.5. The first kappa shape index (κ1) is 35.2. The molecule has 6 nitrogen and oxygen atoms in total. The van der Waals surface area contributed by atoms with Crippen LogP contribution in [0.25, 0.3) is 11.8 Å². The van der Waals surface area contributed by atoms with Crippen molar-refractivity contribution >= 4 is 109 Å². The third kappa shape index (κ3) is 7.43. The van der Waals surface area contributed by atoms with Crippen LogP contribution >= 0.6 is 91.5 Å². The van der Waals surface area contributed by atoms with E-state index in [2.05, 4.69) is 45.2 Å². The molecular formula is C36H26Cl2I2N2O4S2. The fourth-order valence-electron chi connectivity index (χ4n) is 5.28. The van der Waals surface area contributed by atoms with Gasteiger partial charge >= 0.3 is 5.97 Å². The lowest BCUT2D eigenvalue weighted by atomic mass is 9.93. The van der Waals surface area contributed by atoms with Gasteiger partial charge in [0, 0.05) is 26.1 Å². The van der Waals surface area contributed by atoms with Crippen LogP contribution in [0.5, 0.6) is 5.75 Å². The molecule has 12 heteroatoms. The van der Waals surface area contributed by atoms with Crippen LogP contribution in [0, 0.1) is 7.14 Å². The molecule has 2 heterocycles. The summed E-state index contributed by atoms with van der Waals surface area (Å²) in [5.74, 6) is 0.217. The molecule has 48 heavy (non-hydrogen) atoms. The summed E-state index contributed by atoms with van der Waals surface area (Å²) in [7, 11) is 0. The molecule has 0 aliphatic carbocycles. The maximum atomic E-state index is 14.3. The Labute approximate surface area is 322 Å². The quantitative estimate of drug-likeness (QED) is 0.0841. The molecule has 1 aromatic heterocycles. The van der Waals surface area contributed by atoms with E-state index in [9.17, 15) is 9.59 Å². The van der Waals surface area contributed by atoms with Gasteiger partial charge in [0.1, 0.15) is 12.4 Å². The number of benzene rings is 4. The highest BCUT2D eigenvalue weighted by Crippen LogP contribution is 2.36. The number of nitrogens with zero attached hydrogens (tertiary/aromatic N) is 2. The number of thiazole rings is 1. The van der Waals surface area contributed by atoms with Crippen molar-refractivity contribution in [3.8, 4) is 5.75 Å². The normalized spacial score (nSPS) is 14.5. The molecule has 244 valence electrons. The Kier molecular flexibility index (Phi) is 11.4. The molecule has 5 aromatic rings. The molecule has 4 aromatic carbocycles. The molecule has 0 saturated heterocycles. The number of carbonyl (C=O) groups is 1. The molecule has 0 unspecified atom stereocenters. The number of esters is 1. The first-order chi connectivity index (χ1) is 23.2. The smallest absolute Gasteiger partial charge is 0.338 e. The lowest BCUT2D eigenvalue weighted by molar-refractivity contribution is -0.138. The molecule has 0 N–H and O–H groups in total. The summed E-state index contributed by atoms with van der Waals surface area (Å²) in [5, 5.41) is 1.11. The molecule has 0 bridgehead atoms. The lowest BCUT2D eigenvalue weighted by Crippen LogP contribution is -2.40. The number of carbonyl (C=O) groups excluding carboxylic acids is 1. The Morgan fingerprint density at radius 3 is 2.38 bits per heavy atom. The SMILES string of the molecule is CCOC(=O)C1=C(c2ccccc2)N=c2s/c(=C\c3cc(I)c(OCc4ccc(Cl)cc4Cl)c(I)c3)c(=O)n2[C@@H]1c1ccc(SC)cc1. The van der Waals surface area contributed by atoms with E-state index in [1.807, 2.05) is 85.1 Å². The zero-order valence-corrected chi connectivity index (χ0v) is 33.0. The van der Waals surface area contributed by atoms with Gasteiger partial charge in [-0.05, 0) is 112 Å². The van der Waals surface area contributed by atoms with Crippen LogP contribution in [0.3, 0.4) is 0 Å². The van der Waals surface area contributed by atoms with Crippen molar-refractivity contribution in [2.24, 2.45) is 4.99 Å². The van der Waals surface area contributed by atoms with E-state index in [4.69, 9.17) is 37.7 Å². The predicted molar refractivity (Wildman–Crippen MR) is 212 cm³/mol. The van der Waals surface area contributed by atoms with Gasteiger partial charge in [-0.2, -0.15) is 0 Å². The van der Waals surface area contributed by atoms with E-state index < -0.39 is 12.0 Å². The van der Waals surface area contributed by atoms with E-state index in [-0.39, 0.29) is 18.8 Å². The Bertz CT molecular complexity index is 2210. The van der Waals surface area contributed by atoms with Gasteiger partial charge in [0.25, 0.3) is 5.56 Å². The largest absolute Gasteiger partial charge is 0.487 e. The maximum absolute atomic E-state index is 14.3. The molecule has 1 atom stereocenters. The van der Waals surface area contributed by atoms with Gasteiger partial charge in [0.2, 0.25) is 0 Å². The third-order valence-corrected chi connectivity index (χ3v) is 11.4. The minimum Gasteiger partial charge on any atom is -0.487 e. The molecule has 1 aliphatic rings. The number of hydrogen-bond donors (Lipinski definition) is 0. The van der Waals surface area contributed by atoms with Gasteiger partial charge in [0.15, 0.2) is 4.80 Å². The van der Waals surface area contributed by atoms with Gasteiger partial charge in [-0.3, -0.25) is 9.36 Å². The Balaban J connectivity index is 1.47. The highest BCUT2D eigenvalue weighted by atomic mass is 127. The fraction of sp³-hybridized carbons (Fsp3) is 0.139. The van der Waals surface area contributed by atoms with Crippen LogP contribution in [0.4, 0.5) is 0 Å². The van der Waals surface area contributed by atoms with Gasteiger partial charge in [-0.1, -0.05) is 83.1 Å². The molecular weight excluding hydrogens is 913 g/mol. The molecule has 0 amide bonds. The highest BCUT2D eigenvalue weighted by molar-refractivity contribution is 14.1. The Morgan fingerprint density at radius 1 is 1.02 bits per heavy atom. The zero-order valence-electron chi connectivity index (χ0n) is 25.5. The zero-order chi connectivity index (χ0) is 33.9. The summed E-state index contributed by atoms with van der Waals surface area (Å²) in [6.07, 6.45) is 3.87. The van der Waals surface area contributed by atoms with Crippen LogP contribution in [0.1, 0.15) is 35.2 Å². The summed E-state index contributed by atoms with van der Waals surface area (Å²) in [6.45, 7) is 2.24. The van der Waals surface area contributed by atoms with Gasteiger partial charge < -0.3 is 9.47 Å². The molecule has 0 spiro atoms. The van der Waals surface area contributed by atoms with Crippen LogP contribution < -0.4 is 19.6 Å². The summed E-state index contributed by atoms with van der Waals surface area (Å²) in [4.78, 5) is 34.5. The van der Waals surface area contributed by atoms with Crippen LogP contribution in [-0.2, 0) is 16.1 Å². The number of rotatable bonds is 9. The number of aromatic nitrogens is 1. The minimum atomic E-state index is -0.732. The van der Waals surface area contributed by atoms with Crippen molar-refractivity contribution in [2.45, 2.75) is 24.5 Å². The average Bonchev–Trinajstić information content (AvgIpc) is 3.38. The second-order valence-corrected chi connectivity index (χ2v) is 15.6. The summed E-state index contributed by atoms with van der Waals surface area (Å²) in [6, 6.07) is 26.0. The number of ether oxygens (including phenoxy) is 2. The Hall–Kier alpha value is -2.62. The molecule has 0 fully saturated rings. The first-order valence-corrected chi connectivity index (χ1v) is 19.6. The molecule has 6 rings (SSSR count). The van der Waals surface area contributed by atoms with Crippen molar-refractivity contribution in [3.63, 3.8) is 0 Å². The molecule has 0 saturated carbocycles. The standard InChI is InChI=1S/C36H26Cl2I2N2O4S2/c1-3-45-35(44)30-31(21-7-5-4-6-8-21)41-36-42(32(30)22-10-13-25(47-2)14-11-22)34(43)29(48-36)17-20-15-27(39)33(28(40)16-20)46-19-23-9-12-24(37)18-26(23)38/h4-18,32H,3,19H2,1-2H3/b29-17-/t32-/m1/s1. The van der Waals surface area contributed by atoms with E-state index in [1.54, 1.807) is 35.4 Å². The van der Waals surface area contributed by atoms with Crippen LogP contribution in [-0.4, -0.2) is 23.4 Å². The van der Waals surface area contributed by atoms with Crippen LogP contribution in [0.15, 0.2) is 105 Å². The molecule has 0 radical (unpaired) electrons. The summed E-state index contributed by atoms with van der Waals surface area (Å²) in [5.41, 5.74) is 3.79. The number of fused-ring (bicyclic) bond motifs is 1. The monoisotopic (exact) mass is 938 g/mol. The van der Waals surface area contributed by atoms with Gasteiger partial charge in [-0.15, -0.1) is 11.8 Å². The third-order valence-electron chi connectivity index (χ3n) is 7.51. The average molecular weight is 939 g/mol. The van der Waals surface area contributed by atoms with Crippen molar-refractivity contribution in [1.29, 1.82) is 0 Å². The van der Waals surface area contributed by atoms with Crippen molar-refractivity contribution in [2.75, 3.05) is 12.9 Å². The van der Waals surface area contributed by atoms with E-state index >= 15 is 0 Å². The Morgan fingerprint density at radius 2 is 1.73 bits per heavy atom. The van der Waals surface area contributed by atoms with Crippen molar-refractivity contribution < 1.29 is 14.3 Å². The van der Waals surface area contributed by atoms with E-state index in [0.717, 1.165) is 40.0 Å². The van der Waals surface area contributed by atoms with Crippen molar-refractivity contribution in [1.82, 2.24) is 4.57 Å². The van der Waals surface area contributed by atoms with Gasteiger partial charge in [0.05, 0.1) is 35.6 Å². The van der Waals surface area contributed by atoms with E-state index in [1.165, 1.54) is 11.3 Å². The minimum absolute atomic E-state index is 0.191. The van der Waals surface area contributed by atoms with Crippen molar-refractivity contribution in [3.05, 3.63) is 150 Å². The predicted octanol–water partition coefficient (Wildman–Crippen LogP) is 8.75. The number of halogens is 4. The highest BCUT2D eigenvalue weighted by Gasteiger charge is 2.35. The number of hydrogen-bond acceptors (Lipinski definition) is 7. The second kappa shape index (κ2) is 15.5. The van der Waals surface area contributed by atoms with E-state index in [0.29, 0.717) is 30.6 Å². The summed E-state index contributed by atoms with van der Waals surface area (Å²) < 4.78 is 15.6. The topological polar surface area (TPSA) is 69.9 Å². The lowest BCUT2D eigenvalue weighted by Gasteiger charge is -2.26. The maximum Gasteiger partial charge on any atom is 0.338 e. The molecule has 1 aliphatic heterocycles. The number of thioether (sulfide) groups is 1. The first-order valence-electron chi connectivity index (χ1n) is 14.7. The fourth-order valence-corrected chi connectivity index (χ4v) is 9.28. The summed E-state index contributed by atoms with van der Waals surface area (Å²) >= 11 is 19.8.